The second-order valence-corrected chi connectivity index (χ2v) is 16.9. The summed E-state index contributed by atoms with van der Waals surface area (Å²) in [6.07, 6.45) is -14.1. The van der Waals surface area contributed by atoms with E-state index in [0.717, 1.165) is 25.2 Å². The van der Waals surface area contributed by atoms with Gasteiger partial charge in [0.2, 0.25) is 12.6 Å². The number of esters is 4. The second kappa shape index (κ2) is 25.8. The molecule has 0 radical (unpaired) electrons. The van der Waals surface area contributed by atoms with Gasteiger partial charge in [-0.3, -0.25) is 9.59 Å². The predicted octanol–water partition coefficient (Wildman–Crippen LogP) is -0.990. The smallest absolute Gasteiger partial charge is 0.337 e. The Kier molecular flexibility index (Phi) is 20.0. The van der Waals surface area contributed by atoms with Crippen molar-refractivity contribution in [1.82, 2.24) is 0 Å². The highest BCUT2D eigenvalue weighted by atomic mass is 16.8. The van der Waals surface area contributed by atoms with Gasteiger partial charge in [-0.25, -0.2) is 9.59 Å². The largest absolute Gasteiger partial charge is 0.468 e. The maximum atomic E-state index is 13.7. The molecular formula is C49H60O23. The molecule has 4 aliphatic rings. The number of benzene rings is 2. The number of methoxy groups -OCH3 is 1. The van der Waals surface area contributed by atoms with E-state index in [0.29, 0.717) is 12.0 Å². The Hall–Kier alpha value is -5.64. The summed E-state index contributed by atoms with van der Waals surface area (Å²) in [6.45, 7) is 1.49. The Morgan fingerprint density at radius 3 is 1.38 bits per heavy atom. The number of rotatable bonds is 19. The van der Waals surface area contributed by atoms with Crippen molar-refractivity contribution < 1.29 is 113 Å². The van der Waals surface area contributed by atoms with E-state index in [2.05, 4.69) is 0 Å². The third-order valence-corrected chi connectivity index (χ3v) is 12.3. The zero-order chi connectivity index (χ0) is 52.2. The summed E-state index contributed by atoms with van der Waals surface area (Å²) in [5, 5.41) is 90.7. The maximum Gasteiger partial charge on any atom is 0.337 e. The Bertz CT molecular complexity index is 2290. The molecule has 0 unspecified atom stereocenters. The van der Waals surface area contributed by atoms with E-state index in [4.69, 9.17) is 47.4 Å². The van der Waals surface area contributed by atoms with E-state index in [1.54, 1.807) is 50.2 Å². The number of aliphatic hydroxyl groups is 9. The molecule has 0 aliphatic carbocycles. The molecule has 72 heavy (non-hydrogen) atoms. The number of aliphatic hydroxyl groups excluding tert-OH is 9. The third-order valence-electron chi connectivity index (χ3n) is 12.3. The fourth-order valence-corrected chi connectivity index (χ4v) is 8.33. The molecule has 0 bridgehead atoms. The van der Waals surface area contributed by atoms with Gasteiger partial charge in [0, 0.05) is 36.0 Å². The molecule has 0 spiro atoms. The summed E-state index contributed by atoms with van der Waals surface area (Å²) in [6, 6.07) is 12.7. The van der Waals surface area contributed by atoms with Gasteiger partial charge in [-0.15, -0.1) is 0 Å². The van der Waals surface area contributed by atoms with Crippen LogP contribution in [-0.4, -0.2) is 177 Å². The Morgan fingerprint density at radius 1 is 0.569 bits per heavy atom. The van der Waals surface area contributed by atoms with Gasteiger partial charge in [-0.2, -0.15) is 0 Å². The molecule has 0 saturated carbocycles. The van der Waals surface area contributed by atoms with Crippen molar-refractivity contribution in [3.63, 3.8) is 0 Å². The highest BCUT2D eigenvalue weighted by molar-refractivity contribution is 5.91. The zero-order valence-corrected chi connectivity index (χ0v) is 39.4. The molecule has 2 saturated heterocycles. The van der Waals surface area contributed by atoms with Gasteiger partial charge in [0.05, 0.1) is 63.4 Å². The molecule has 2 aromatic carbocycles. The lowest BCUT2D eigenvalue weighted by Gasteiger charge is -2.41. The average Bonchev–Trinajstić information content (AvgIpc) is 3.37. The number of ether oxygens (including phenoxy) is 10. The standard InChI is InChI=1S/C49H60O23/c1-4-28-30(32(44(61)63-3)22-65-46(28)71-48-42(59)40(57)38(55)34(20-51)69-48)18-36(53)68-27-12-8-25(9-13-27)15-17-64-45(62)33-23-66-47(72-49-43(60)41(58)39(56)35(21-52)70-49)29(5-2)31(33)19-37(54)67-26-10-6-24(7-11-26)14-16-50/h4-13,22-23,30-31,34-35,38-43,46-52,55-60H,14-21H2,1-3H3/b28-4+,29-5+/t30-,31+,34+,35+,38+,39+,40-,41-,42+,43+,46-,47-,48-,49-/m0/s1. The van der Waals surface area contributed by atoms with Crippen molar-refractivity contribution in [2.75, 3.05) is 33.5 Å². The van der Waals surface area contributed by atoms with Crippen LogP contribution < -0.4 is 9.47 Å². The molecule has 9 N–H and O–H groups in total. The molecule has 0 aromatic heterocycles. The van der Waals surface area contributed by atoms with E-state index in [-0.39, 0.29) is 53.4 Å². The average molecular weight is 1020 g/mol. The van der Waals surface area contributed by atoms with Crippen LogP contribution in [0.5, 0.6) is 11.5 Å². The van der Waals surface area contributed by atoms with Gasteiger partial charge >= 0.3 is 23.9 Å². The molecular weight excluding hydrogens is 957 g/mol. The van der Waals surface area contributed by atoms with Crippen molar-refractivity contribution in [2.24, 2.45) is 11.8 Å². The van der Waals surface area contributed by atoms with E-state index in [9.17, 15) is 65.1 Å². The minimum absolute atomic E-state index is 0.0628. The van der Waals surface area contributed by atoms with Gasteiger partial charge in [0.1, 0.15) is 60.3 Å². The number of carbonyl (C=O) groups excluding carboxylic acids is 4. The van der Waals surface area contributed by atoms with E-state index < -0.39 is 136 Å². The first kappa shape index (κ1) is 55.7. The van der Waals surface area contributed by atoms with Crippen LogP contribution in [0.4, 0.5) is 0 Å². The molecule has 23 heteroatoms. The van der Waals surface area contributed by atoms with Gasteiger partial charge < -0.3 is 93.3 Å². The van der Waals surface area contributed by atoms with Crippen LogP contribution in [-0.2, 0) is 69.9 Å². The van der Waals surface area contributed by atoms with Crippen molar-refractivity contribution in [2.45, 2.75) is 114 Å². The summed E-state index contributed by atoms with van der Waals surface area (Å²) in [4.78, 5) is 53.4. The second-order valence-electron chi connectivity index (χ2n) is 16.9. The summed E-state index contributed by atoms with van der Waals surface area (Å²) in [7, 11) is 1.14. The third kappa shape index (κ3) is 13.3. The molecule has 6 rings (SSSR count). The van der Waals surface area contributed by atoms with Gasteiger partial charge in [-0.1, -0.05) is 36.4 Å². The van der Waals surface area contributed by atoms with Crippen LogP contribution in [0.1, 0.15) is 37.8 Å². The van der Waals surface area contributed by atoms with Crippen LogP contribution in [0.2, 0.25) is 0 Å². The molecule has 2 fully saturated rings. The zero-order valence-electron chi connectivity index (χ0n) is 39.4. The first-order chi connectivity index (χ1) is 34.5. The van der Waals surface area contributed by atoms with Crippen molar-refractivity contribution in [3.05, 3.63) is 107 Å². The summed E-state index contributed by atoms with van der Waals surface area (Å²) >= 11 is 0. The number of hydrogen-bond donors (Lipinski definition) is 9. The fraction of sp³-hybridized carbons (Fsp3) is 0.510. The predicted molar refractivity (Wildman–Crippen MR) is 241 cm³/mol. The summed E-state index contributed by atoms with van der Waals surface area (Å²) < 4.78 is 55.7. The first-order valence-electron chi connectivity index (χ1n) is 23.0. The number of hydrogen-bond acceptors (Lipinski definition) is 23. The first-order valence-corrected chi connectivity index (χ1v) is 23.0. The monoisotopic (exact) mass is 1020 g/mol. The highest BCUT2D eigenvalue weighted by Gasteiger charge is 2.49. The number of carbonyl (C=O) groups is 4. The van der Waals surface area contributed by atoms with Crippen molar-refractivity contribution >= 4 is 23.9 Å². The lowest BCUT2D eigenvalue weighted by Crippen LogP contribution is -2.60. The molecule has 14 atom stereocenters. The van der Waals surface area contributed by atoms with E-state index in [1.807, 2.05) is 0 Å². The quantitative estimate of drug-likeness (QED) is 0.0463. The SMILES string of the molecule is C/C=C1/[C@H](O[C@@H]2O[C@H](CO)[C@@H](O)[C@H](O)[C@H]2O)OC=C(C(=O)OC)[C@H]1CC(=O)Oc1ccc(CCOC(=O)C2=CO[C@@H](O[C@@H]3O[C@H](CO)[C@@H](O)[C@H](O)[C@H]3O)/C(=C/C)[C@H]2CC(=O)Oc2ccc(CCO)cc2)cc1. The van der Waals surface area contributed by atoms with Crippen molar-refractivity contribution in [3.8, 4) is 11.5 Å². The molecule has 4 heterocycles. The molecule has 2 aromatic rings. The van der Waals surface area contributed by atoms with E-state index in [1.165, 1.54) is 24.3 Å². The van der Waals surface area contributed by atoms with Crippen LogP contribution in [0.3, 0.4) is 0 Å². The van der Waals surface area contributed by atoms with Crippen LogP contribution in [0.15, 0.2) is 95.5 Å². The van der Waals surface area contributed by atoms with Gasteiger partial charge in [0.15, 0.2) is 12.6 Å². The Labute approximate surface area is 412 Å². The number of allylic oxidation sites excluding steroid dienone is 2. The minimum Gasteiger partial charge on any atom is -0.468 e. The van der Waals surface area contributed by atoms with Crippen molar-refractivity contribution in [1.29, 1.82) is 0 Å². The lowest BCUT2D eigenvalue weighted by molar-refractivity contribution is -0.327. The Balaban J connectivity index is 1.09. The molecule has 394 valence electrons. The minimum atomic E-state index is -1.78. The summed E-state index contributed by atoms with van der Waals surface area (Å²) in [5.41, 5.74) is 1.72. The molecule has 23 nitrogen and oxygen atoms in total. The van der Waals surface area contributed by atoms with Crippen LogP contribution in [0.25, 0.3) is 0 Å². The molecule has 0 amide bonds. The van der Waals surface area contributed by atoms with Gasteiger partial charge in [-0.05, 0) is 55.7 Å². The summed E-state index contributed by atoms with van der Waals surface area (Å²) in [5.74, 6) is -5.03. The highest BCUT2D eigenvalue weighted by Crippen LogP contribution is 2.38. The van der Waals surface area contributed by atoms with Crippen LogP contribution in [0, 0.1) is 11.8 Å². The topological polar surface area (TPSA) is 343 Å². The normalized spacial score (nSPS) is 31.6. The van der Waals surface area contributed by atoms with E-state index >= 15 is 0 Å². The van der Waals surface area contributed by atoms with Crippen LogP contribution >= 0.6 is 0 Å². The Morgan fingerprint density at radius 2 is 0.986 bits per heavy atom. The van der Waals surface area contributed by atoms with Gasteiger partial charge in [0.25, 0.3) is 0 Å². The maximum absolute atomic E-state index is 13.7. The fourth-order valence-electron chi connectivity index (χ4n) is 8.33. The molecule has 4 aliphatic heterocycles. The lowest BCUT2D eigenvalue weighted by atomic mass is 9.86.